The lowest BCUT2D eigenvalue weighted by molar-refractivity contribution is 0.0493. The van der Waals surface area contributed by atoms with E-state index in [4.69, 9.17) is 0 Å². The molecular weight excluding hydrogens is 274 g/mol. The first kappa shape index (κ1) is 15.3. The van der Waals surface area contributed by atoms with Crippen LogP contribution in [0.3, 0.4) is 0 Å². The van der Waals surface area contributed by atoms with Gasteiger partial charge in [0, 0.05) is 24.8 Å². The molecule has 2 aliphatic heterocycles. The van der Waals surface area contributed by atoms with E-state index in [0.29, 0.717) is 12.0 Å². The van der Waals surface area contributed by atoms with Crippen LogP contribution < -0.4 is 5.32 Å². The second-order valence-electron chi connectivity index (χ2n) is 6.86. The van der Waals surface area contributed by atoms with Gasteiger partial charge in [0.1, 0.15) is 0 Å². The van der Waals surface area contributed by atoms with E-state index in [1.807, 2.05) is 17.0 Å². The molecule has 0 unspecified atom stereocenters. The highest BCUT2D eigenvalue weighted by Gasteiger charge is 2.35. The summed E-state index contributed by atoms with van der Waals surface area (Å²) in [7, 11) is 0. The van der Waals surface area contributed by atoms with E-state index < -0.39 is 0 Å². The first-order chi connectivity index (χ1) is 10.6. The zero-order valence-electron chi connectivity index (χ0n) is 13.7. The van der Waals surface area contributed by atoms with Gasteiger partial charge < -0.3 is 10.2 Å². The van der Waals surface area contributed by atoms with Crippen LogP contribution in [0, 0.1) is 0 Å². The van der Waals surface area contributed by atoms with Crippen LogP contribution in [0.25, 0.3) is 0 Å². The number of rotatable bonds is 3. The molecule has 0 saturated carbocycles. The van der Waals surface area contributed by atoms with E-state index in [1.54, 1.807) is 0 Å². The number of urea groups is 1. The first-order valence-electron chi connectivity index (χ1n) is 8.53. The van der Waals surface area contributed by atoms with Crippen molar-refractivity contribution in [1.29, 1.82) is 0 Å². The summed E-state index contributed by atoms with van der Waals surface area (Å²) in [6.45, 7) is 8.50. The van der Waals surface area contributed by atoms with Crippen LogP contribution >= 0.6 is 0 Å². The van der Waals surface area contributed by atoms with Crippen molar-refractivity contribution < 1.29 is 4.79 Å². The smallest absolute Gasteiger partial charge is 0.321 e. The van der Waals surface area contributed by atoms with Crippen molar-refractivity contribution in [3.8, 4) is 0 Å². The standard InChI is InChI=1S/C18H27N3O/c1-14(2)15-6-8-16(9-7-15)19-18(22)21-12-17(13-21)20-10-4-3-5-11-20/h6-9,14,17H,3-5,10-13H2,1-2H3,(H,19,22). The highest BCUT2D eigenvalue weighted by molar-refractivity contribution is 5.89. The molecule has 0 aromatic heterocycles. The highest BCUT2D eigenvalue weighted by atomic mass is 16.2. The Morgan fingerprint density at radius 1 is 1.09 bits per heavy atom. The number of anilines is 1. The molecule has 1 aromatic rings. The van der Waals surface area contributed by atoms with Crippen LogP contribution in [0.2, 0.25) is 0 Å². The van der Waals surface area contributed by atoms with Crippen molar-refractivity contribution in [2.75, 3.05) is 31.5 Å². The van der Waals surface area contributed by atoms with Gasteiger partial charge in [0.2, 0.25) is 0 Å². The van der Waals surface area contributed by atoms with Gasteiger partial charge in [-0.1, -0.05) is 32.4 Å². The van der Waals surface area contributed by atoms with Crippen molar-refractivity contribution in [3.63, 3.8) is 0 Å². The Labute approximate surface area is 133 Å². The Bertz CT molecular complexity index is 500. The molecule has 1 N–H and O–H groups in total. The molecular formula is C18H27N3O. The van der Waals surface area contributed by atoms with Gasteiger partial charge in [0.25, 0.3) is 0 Å². The third-order valence-corrected chi connectivity index (χ3v) is 4.89. The Balaban J connectivity index is 1.47. The van der Waals surface area contributed by atoms with E-state index in [1.165, 1.54) is 37.9 Å². The normalized spacial score (nSPS) is 20.0. The van der Waals surface area contributed by atoms with Crippen molar-refractivity contribution in [1.82, 2.24) is 9.80 Å². The van der Waals surface area contributed by atoms with Gasteiger partial charge in [-0.15, -0.1) is 0 Å². The maximum atomic E-state index is 12.2. The summed E-state index contributed by atoms with van der Waals surface area (Å²) in [4.78, 5) is 16.7. The Kier molecular flexibility index (Phi) is 4.67. The molecule has 2 heterocycles. The summed E-state index contributed by atoms with van der Waals surface area (Å²) in [6.07, 6.45) is 3.98. The number of carbonyl (C=O) groups is 1. The molecule has 22 heavy (non-hydrogen) atoms. The molecule has 0 bridgehead atoms. The van der Waals surface area contributed by atoms with E-state index in [0.717, 1.165) is 18.8 Å². The van der Waals surface area contributed by atoms with Gasteiger partial charge in [-0.3, -0.25) is 4.90 Å². The molecule has 2 aliphatic rings. The maximum absolute atomic E-state index is 12.2. The minimum absolute atomic E-state index is 0.0329. The minimum atomic E-state index is 0.0329. The van der Waals surface area contributed by atoms with E-state index >= 15 is 0 Å². The Morgan fingerprint density at radius 3 is 2.32 bits per heavy atom. The molecule has 2 amide bonds. The lowest BCUT2D eigenvalue weighted by Gasteiger charge is -2.46. The highest BCUT2D eigenvalue weighted by Crippen LogP contribution is 2.21. The van der Waals surface area contributed by atoms with Crippen molar-refractivity contribution in [3.05, 3.63) is 29.8 Å². The zero-order valence-corrected chi connectivity index (χ0v) is 13.7. The average Bonchev–Trinajstić information content (AvgIpc) is 2.47. The van der Waals surface area contributed by atoms with Crippen molar-refractivity contribution in [2.24, 2.45) is 0 Å². The summed E-state index contributed by atoms with van der Waals surface area (Å²) in [5.41, 5.74) is 2.18. The molecule has 2 saturated heterocycles. The van der Waals surface area contributed by atoms with Gasteiger partial charge in [0.15, 0.2) is 0 Å². The van der Waals surface area contributed by atoms with Crippen molar-refractivity contribution >= 4 is 11.7 Å². The lowest BCUT2D eigenvalue weighted by atomic mass is 10.0. The average molecular weight is 301 g/mol. The molecule has 4 heteroatoms. The fourth-order valence-corrected chi connectivity index (χ4v) is 3.29. The van der Waals surface area contributed by atoms with E-state index in [2.05, 4.69) is 36.2 Å². The Hall–Kier alpha value is -1.55. The number of benzene rings is 1. The number of hydrogen-bond donors (Lipinski definition) is 1. The largest absolute Gasteiger partial charge is 0.321 e. The molecule has 0 atom stereocenters. The number of amides is 2. The SMILES string of the molecule is CC(C)c1ccc(NC(=O)N2CC(N3CCCCC3)C2)cc1. The lowest BCUT2D eigenvalue weighted by Crippen LogP contribution is -2.62. The first-order valence-corrected chi connectivity index (χ1v) is 8.53. The van der Waals surface area contributed by atoms with Gasteiger partial charge in [0.05, 0.1) is 0 Å². The number of hydrogen-bond acceptors (Lipinski definition) is 2. The van der Waals surface area contributed by atoms with Gasteiger partial charge in [-0.05, 0) is 49.5 Å². The summed E-state index contributed by atoms with van der Waals surface area (Å²) >= 11 is 0. The van der Waals surface area contributed by atoms with Crippen molar-refractivity contribution in [2.45, 2.75) is 45.1 Å². The van der Waals surface area contributed by atoms with Crippen LogP contribution in [-0.2, 0) is 0 Å². The van der Waals surface area contributed by atoms with Crippen LogP contribution in [-0.4, -0.2) is 48.1 Å². The van der Waals surface area contributed by atoms with Gasteiger partial charge in [-0.25, -0.2) is 4.79 Å². The van der Waals surface area contributed by atoms with E-state index in [9.17, 15) is 4.79 Å². The molecule has 2 fully saturated rings. The predicted molar refractivity (Wildman–Crippen MR) is 90.3 cm³/mol. The zero-order chi connectivity index (χ0) is 15.5. The Morgan fingerprint density at radius 2 is 1.73 bits per heavy atom. The molecule has 4 nitrogen and oxygen atoms in total. The van der Waals surface area contributed by atoms with Gasteiger partial charge in [-0.2, -0.15) is 0 Å². The molecule has 0 aliphatic carbocycles. The molecule has 0 spiro atoms. The molecule has 0 radical (unpaired) electrons. The molecule has 1 aromatic carbocycles. The number of nitrogens with zero attached hydrogens (tertiary/aromatic N) is 2. The second kappa shape index (κ2) is 6.69. The number of carbonyl (C=O) groups excluding carboxylic acids is 1. The number of likely N-dealkylation sites (tertiary alicyclic amines) is 2. The van der Waals surface area contributed by atoms with Crippen LogP contribution in [0.15, 0.2) is 24.3 Å². The van der Waals surface area contributed by atoms with Crippen LogP contribution in [0.4, 0.5) is 10.5 Å². The molecule has 3 rings (SSSR count). The topological polar surface area (TPSA) is 35.6 Å². The van der Waals surface area contributed by atoms with Gasteiger partial charge >= 0.3 is 6.03 Å². The number of piperidine rings is 1. The minimum Gasteiger partial charge on any atom is -0.321 e. The maximum Gasteiger partial charge on any atom is 0.321 e. The van der Waals surface area contributed by atoms with E-state index in [-0.39, 0.29) is 6.03 Å². The number of nitrogens with one attached hydrogen (secondary N) is 1. The molecule has 120 valence electrons. The summed E-state index contributed by atoms with van der Waals surface area (Å²) in [5, 5.41) is 3.00. The third kappa shape index (κ3) is 3.43. The van der Waals surface area contributed by atoms with Crippen LogP contribution in [0.1, 0.15) is 44.6 Å². The summed E-state index contributed by atoms with van der Waals surface area (Å²) in [5.74, 6) is 0.519. The summed E-state index contributed by atoms with van der Waals surface area (Å²) in [6, 6.07) is 8.78. The predicted octanol–water partition coefficient (Wildman–Crippen LogP) is 3.51. The second-order valence-corrected chi connectivity index (χ2v) is 6.86. The monoisotopic (exact) mass is 301 g/mol. The quantitative estimate of drug-likeness (QED) is 0.927. The third-order valence-electron chi connectivity index (χ3n) is 4.89. The fraction of sp³-hybridized carbons (Fsp3) is 0.611. The fourth-order valence-electron chi connectivity index (χ4n) is 3.29. The van der Waals surface area contributed by atoms with Crippen LogP contribution in [0.5, 0.6) is 0 Å². The summed E-state index contributed by atoms with van der Waals surface area (Å²) < 4.78 is 0.